The van der Waals surface area contributed by atoms with Crippen molar-refractivity contribution in [2.45, 2.75) is 26.2 Å². The third kappa shape index (κ3) is 3.86. The summed E-state index contributed by atoms with van der Waals surface area (Å²) in [6.45, 7) is 6.85. The van der Waals surface area contributed by atoms with Crippen molar-refractivity contribution in [3.05, 3.63) is 156 Å². The maximum absolute atomic E-state index is 7.84. The largest absolute Gasteiger partial charge is 0.293 e. The molecule has 4 nitrogen and oxygen atoms in total. The van der Waals surface area contributed by atoms with Crippen molar-refractivity contribution in [2.75, 3.05) is 0 Å². The lowest BCUT2D eigenvalue weighted by Gasteiger charge is -2.24. The molecule has 0 radical (unpaired) electrons. The van der Waals surface area contributed by atoms with Gasteiger partial charge in [0.2, 0.25) is 0 Å². The number of benzene rings is 7. The number of halogens is 1. The Labute approximate surface area is 298 Å². The van der Waals surface area contributed by atoms with Crippen molar-refractivity contribution in [2.24, 2.45) is 0 Å². The van der Waals surface area contributed by atoms with E-state index in [0.717, 1.165) is 44.7 Å². The van der Waals surface area contributed by atoms with Gasteiger partial charge < -0.3 is 0 Å². The smallest absolute Gasteiger partial charge is 0.123 e. The third-order valence-corrected chi connectivity index (χ3v) is 11.3. The molecule has 0 saturated heterocycles. The van der Waals surface area contributed by atoms with Crippen molar-refractivity contribution < 1.29 is 0 Å². The molecular weight excluding hydrogens is 644 g/mol. The number of aromatic nitrogens is 4. The van der Waals surface area contributed by atoms with Crippen LogP contribution in [-0.4, -0.2) is 17.9 Å². The van der Waals surface area contributed by atoms with Crippen molar-refractivity contribution in [1.82, 2.24) is 17.9 Å². The van der Waals surface area contributed by atoms with E-state index in [1.807, 2.05) is 0 Å². The number of hydrogen-bond donors (Lipinski definition) is 0. The zero-order chi connectivity index (χ0) is 34.2. The summed E-state index contributed by atoms with van der Waals surface area (Å²) in [5, 5.41) is 8.05. The molecule has 0 atom stereocenters. The average Bonchev–Trinajstić information content (AvgIpc) is 3.88. The molecule has 0 aliphatic rings. The number of nitrogens with zero attached hydrogens (tertiary/aromatic N) is 4. The highest BCUT2D eigenvalue weighted by Gasteiger charge is 2.26. The monoisotopic (exact) mass is 676 g/mol. The zero-order valence-electron chi connectivity index (χ0n) is 28.5. The summed E-state index contributed by atoms with van der Waals surface area (Å²) in [7, 11) is 0. The fourth-order valence-electron chi connectivity index (χ4n) is 8.52. The lowest BCUT2D eigenvalue weighted by atomic mass is 9.86. The first-order valence-electron chi connectivity index (χ1n) is 17.6. The van der Waals surface area contributed by atoms with E-state index in [-0.39, 0.29) is 5.41 Å². The van der Waals surface area contributed by atoms with E-state index in [1.165, 1.54) is 48.9 Å². The number of fused-ring (bicyclic) bond motifs is 14. The predicted octanol–water partition coefficient (Wildman–Crippen LogP) is 12.6. The molecule has 0 fully saturated rings. The van der Waals surface area contributed by atoms with E-state index in [2.05, 4.69) is 184 Å². The number of imidazole rings is 2. The molecule has 0 amide bonds. The van der Waals surface area contributed by atoms with Gasteiger partial charge in [-0.15, -0.1) is 0 Å². The first-order valence-corrected chi connectivity index (χ1v) is 17.9. The van der Waals surface area contributed by atoms with Crippen molar-refractivity contribution in [3.8, 4) is 11.4 Å². The lowest BCUT2D eigenvalue weighted by molar-refractivity contribution is 0.589. The molecule has 0 unspecified atom stereocenters. The number of rotatable bonds is 2. The Morgan fingerprint density at radius 2 is 0.824 bits per heavy atom. The average molecular weight is 677 g/mol. The molecule has 0 spiro atoms. The van der Waals surface area contributed by atoms with Crippen molar-refractivity contribution in [3.63, 3.8) is 0 Å². The van der Waals surface area contributed by atoms with Crippen molar-refractivity contribution >= 4 is 88.3 Å². The molecule has 5 heteroatoms. The van der Waals surface area contributed by atoms with E-state index < -0.39 is 0 Å². The number of para-hydroxylation sites is 4. The molecule has 0 aliphatic carbocycles. The minimum Gasteiger partial charge on any atom is -0.293 e. The zero-order valence-corrected chi connectivity index (χ0v) is 29.3. The van der Waals surface area contributed by atoms with Crippen LogP contribution in [-0.2, 0) is 5.41 Å². The molecule has 244 valence electrons. The molecular formula is C46H33ClN4. The minimum absolute atomic E-state index is 0.140. The summed E-state index contributed by atoms with van der Waals surface area (Å²) in [6.07, 6.45) is 0. The standard InChI is InChI=1S/C46H33ClN4/c1-46(2,3)32-26-39(48-35-16-8-10-18-37(35)50-41(48)24-30-22-20-28-12-4-6-14-33(28)44(30)50)43(47)40(27-32)49-36-17-9-11-19-38(36)51-42(49)25-31-23-21-29-13-5-7-15-34(29)45(31)51/h4-27H,1-3H3. The molecule has 4 heterocycles. The van der Waals surface area contributed by atoms with Crippen molar-refractivity contribution in [1.29, 1.82) is 0 Å². The predicted molar refractivity (Wildman–Crippen MR) is 216 cm³/mol. The molecule has 4 aromatic heterocycles. The maximum Gasteiger partial charge on any atom is 0.123 e. The highest BCUT2D eigenvalue weighted by atomic mass is 35.5. The van der Waals surface area contributed by atoms with Gasteiger partial charge >= 0.3 is 0 Å². The van der Waals surface area contributed by atoms with Gasteiger partial charge in [-0.1, -0.05) is 129 Å². The normalized spacial score (nSPS) is 12.7. The molecule has 0 bridgehead atoms. The fourth-order valence-corrected chi connectivity index (χ4v) is 8.80. The quantitative estimate of drug-likeness (QED) is 0.173. The summed E-state index contributed by atoms with van der Waals surface area (Å²) in [6, 6.07) is 52.9. The van der Waals surface area contributed by atoms with Gasteiger partial charge in [-0.2, -0.15) is 0 Å². The van der Waals surface area contributed by atoms with Gasteiger partial charge in [-0.3, -0.25) is 17.9 Å². The van der Waals surface area contributed by atoms with Crippen LogP contribution in [0.2, 0.25) is 5.02 Å². The maximum atomic E-state index is 7.84. The first-order chi connectivity index (χ1) is 24.9. The minimum atomic E-state index is -0.140. The van der Waals surface area contributed by atoms with E-state index in [1.54, 1.807) is 0 Å². The van der Waals surface area contributed by atoms with Crippen LogP contribution in [0.25, 0.3) is 88.1 Å². The molecule has 11 rings (SSSR count). The van der Waals surface area contributed by atoms with Gasteiger partial charge in [-0.25, -0.2) is 0 Å². The van der Waals surface area contributed by atoms with Crippen LogP contribution in [0.1, 0.15) is 26.3 Å². The molecule has 0 N–H and O–H groups in total. The van der Waals surface area contributed by atoms with E-state index in [9.17, 15) is 0 Å². The van der Waals surface area contributed by atoms with E-state index in [4.69, 9.17) is 11.6 Å². The molecule has 0 aliphatic heterocycles. The highest BCUT2D eigenvalue weighted by Crippen LogP contribution is 2.43. The van der Waals surface area contributed by atoms with Gasteiger partial charge in [0, 0.05) is 21.5 Å². The molecule has 51 heavy (non-hydrogen) atoms. The Bertz CT molecular complexity index is 3040. The van der Waals surface area contributed by atoms with Crippen LogP contribution in [0.3, 0.4) is 0 Å². The van der Waals surface area contributed by atoms with Gasteiger partial charge in [0.25, 0.3) is 0 Å². The van der Waals surface area contributed by atoms with Crippen LogP contribution in [0, 0.1) is 0 Å². The summed E-state index contributed by atoms with van der Waals surface area (Å²) < 4.78 is 9.58. The Hall–Kier alpha value is -5.97. The molecule has 7 aromatic carbocycles. The SMILES string of the molecule is CC(C)(C)c1cc(-n2c3ccccc3n3c4c(ccc5ccccc54)cc23)c(Cl)c(-n2c3ccccc3n3c4c(ccc5ccccc54)cc23)c1. The second-order valence-electron chi connectivity index (χ2n) is 14.9. The second kappa shape index (κ2) is 10.1. The van der Waals surface area contributed by atoms with E-state index in [0.29, 0.717) is 5.02 Å². The Morgan fingerprint density at radius 1 is 0.431 bits per heavy atom. The molecule has 11 aromatic rings. The highest BCUT2D eigenvalue weighted by molar-refractivity contribution is 6.34. The van der Waals surface area contributed by atoms with Gasteiger partial charge in [0.15, 0.2) is 0 Å². The third-order valence-electron chi connectivity index (χ3n) is 10.9. The topological polar surface area (TPSA) is 18.7 Å². The summed E-state index contributed by atoms with van der Waals surface area (Å²) >= 11 is 7.84. The Morgan fingerprint density at radius 3 is 1.27 bits per heavy atom. The van der Waals surface area contributed by atoms with Gasteiger partial charge in [0.05, 0.1) is 49.5 Å². The fraction of sp³-hybridized carbons (Fsp3) is 0.0870. The van der Waals surface area contributed by atoms with Crippen LogP contribution in [0.4, 0.5) is 0 Å². The summed E-state index contributed by atoms with van der Waals surface area (Å²) in [5.41, 5.74) is 12.1. The summed E-state index contributed by atoms with van der Waals surface area (Å²) in [5.74, 6) is 0. The van der Waals surface area contributed by atoms with Gasteiger partial charge in [-0.05, 0) is 70.3 Å². The second-order valence-corrected chi connectivity index (χ2v) is 15.2. The van der Waals surface area contributed by atoms with Gasteiger partial charge in [0.1, 0.15) is 11.3 Å². The lowest BCUT2D eigenvalue weighted by Crippen LogP contribution is -2.14. The summed E-state index contributed by atoms with van der Waals surface area (Å²) in [4.78, 5) is 0. The first kappa shape index (κ1) is 28.8. The molecule has 0 saturated carbocycles. The Kier molecular flexibility index (Phi) is 5.69. The van der Waals surface area contributed by atoms with Crippen LogP contribution in [0.5, 0.6) is 0 Å². The van der Waals surface area contributed by atoms with Crippen LogP contribution in [0.15, 0.2) is 146 Å². The van der Waals surface area contributed by atoms with Crippen LogP contribution < -0.4 is 0 Å². The van der Waals surface area contributed by atoms with Crippen LogP contribution >= 0.6 is 11.6 Å². The Balaban J connectivity index is 1.30. The number of hydrogen-bond acceptors (Lipinski definition) is 0. The van der Waals surface area contributed by atoms with E-state index >= 15 is 0 Å².